The van der Waals surface area contributed by atoms with Gasteiger partial charge in [0.2, 0.25) is 0 Å². The van der Waals surface area contributed by atoms with E-state index < -0.39 is 6.09 Å². The standard InChI is InChI=1S/C21H24N2O4/c1-5-16-12-22(20(24)15-6-8-17(27-4)9-7-15)18-10-13(2)14(3)11-19(18)23(16)21(25)26/h6-11,16H,5,12H2,1-4H3,(H,25,26). The molecule has 2 aromatic carbocycles. The Bertz CT molecular complexity index is 876. The molecule has 6 heteroatoms. The number of anilines is 2. The number of fused-ring (bicyclic) bond motifs is 1. The maximum atomic E-state index is 13.2. The first-order chi connectivity index (χ1) is 12.9. The number of carbonyl (C=O) groups excluding carboxylic acids is 1. The van der Waals surface area contributed by atoms with Gasteiger partial charge < -0.3 is 14.7 Å². The quantitative estimate of drug-likeness (QED) is 0.880. The molecule has 1 heterocycles. The molecule has 142 valence electrons. The van der Waals surface area contributed by atoms with Gasteiger partial charge in [-0.05, 0) is 67.8 Å². The van der Waals surface area contributed by atoms with E-state index in [1.54, 1.807) is 36.3 Å². The molecular weight excluding hydrogens is 344 g/mol. The van der Waals surface area contributed by atoms with Gasteiger partial charge in [0, 0.05) is 12.1 Å². The van der Waals surface area contributed by atoms with Crippen LogP contribution in [0.4, 0.5) is 16.2 Å². The van der Waals surface area contributed by atoms with Crippen molar-refractivity contribution >= 4 is 23.4 Å². The summed E-state index contributed by atoms with van der Waals surface area (Å²) < 4.78 is 5.16. The highest BCUT2D eigenvalue weighted by atomic mass is 16.5. The zero-order valence-corrected chi connectivity index (χ0v) is 16.0. The minimum Gasteiger partial charge on any atom is -0.497 e. The van der Waals surface area contributed by atoms with Gasteiger partial charge in [0.05, 0.1) is 24.5 Å². The Morgan fingerprint density at radius 2 is 1.70 bits per heavy atom. The van der Waals surface area contributed by atoms with E-state index in [0.29, 0.717) is 35.7 Å². The lowest BCUT2D eigenvalue weighted by molar-refractivity contribution is 0.0982. The first-order valence-corrected chi connectivity index (χ1v) is 8.96. The van der Waals surface area contributed by atoms with Crippen molar-refractivity contribution in [2.24, 2.45) is 0 Å². The number of aryl methyl sites for hydroxylation is 2. The van der Waals surface area contributed by atoms with Crippen molar-refractivity contribution < 1.29 is 19.4 Å². The summed E-state index contributed by atoms with van der Waals surface area (Å²) >= 11 is 0. The summed E-state index contributed by atoms with van der Waals surface area (Å²) in [5, 5.41) is 9.75. The van der Waals surface area contributed by atoms with Crippen LogP contribution < -0.4 is 14.5 Å². The van der Waals surface area contributed by atoms with Crippen LogP contribution in [0.1, 0.15) is 34.8 Å². The molecule has 0 spiro atoms. The topological polar surface area (TPSA) is 70.1 Å². The van der Waals surface area contributed by atoms with Gasteiger partial charge in [-0.15, -0.1) is 0 Å². The molecule has 6 nitrogen and oxygen atoms in total. The lowest BCUT2D eigenvalue weighted by Crippen LogP contribution is -2.52. The van der Waals surface area contributed by atoms with Crippen molar-refractivity contribution in [1.29, 1.82) is 0 Å². The third-order valence-electron chi connectivity index (χ3n) is 5.16. The molecule has 27 heavy (non-hydrogen) atoms. The molecule has 2 amide bonds. The number of benzene rings is 2. The predicted molar refractivity (Wildman–Crippen MR) is 105 cm³/mol. The summed E-state index contributed by atoms with van der Waals surface area (Å²) in [6.07, 6.45) is -0.381. The molecule has 0 fully saturated rings. The van der Waals surface area contributed by atoms with E-state index >= 15 is 0 Å². The molecule has 1 unspecified atom stereocenters. The van der Waals surface area contributed by atoms with Crippen LogP contribution >= 0.6 is 0 Å². The van der Waals surface area contributed by atoms with Crippen LogP contribution in [-0.4, -0.2) is 36.8 Å². The summed E-state index contributed by atoms with van der Waals surface area (Å²) in [4.78, 5) is 28.2. The first kappa shape index (κ1) is 18.8. The summed E-state index contributed by atoms with van der Waals surface area (Å²) in [5.74, 6) is 0.534. The van der Waals surface area contributed by atoms with E-state index in [2.05, 4.69) is 0 Å². The van der Waals surface area contributed by atoms with Gasteiger partial charge in [-0.2, -0.15) is 0 Å². The molecule has 0 saturated heterocycles. The molecule has 0 bridgehead atoms. The molecular formula is C21H24N2O4. The van der Waals surface area contributed by atoms with Gasteiger partial charge in [0.15, 0.2) is 0 Å². The van der Waals surface area contributed by atoms with Gasteiger partial charge in [-0.3, -0.25) is 9.69 Å². The molecule has 0 radical (unpaired) electrons. The highest BCUT2D eigenvalue weighted by Crippen LogP contribution is 2.39. The Kier molecular flexibility index (Phi) is 5.08. The maximum Gasteiger partial charge on any atom is 0.412 e. The maximum absolute atomic E-state index is 13.2. The van der Waals surface area contributed by atoms with Gasteiger partial charge in [-0.1, -0.05) is 6.92 Å². The minimum atomic E-state index is -0.997. The second-order valence-electron chi connectivity index (χ2n) is 6.78. The second-order valence-corrected chi connectivity index (χ2v) is 6.78. The zero-order valence-electron chi connectivity index (χ0n) is 16.0. The van der Waals surface area contributed by atoms with Crippen molar-refractivity contribution in [3.05, 3.63) is 53.1 Å². The zero-order chi connectivity index (χ0) is 19.7. The van der Waals surface area contributed by atoms with Crippen LogP contribution in [0.3, 0.4) is 0 Å². The number of ether oxygens (including phenoxy) is 1. The lowest BCUT2D eigenvalue weighted by atomic mass is 9.99. The Balaban J connectivity index is 2.10. The summed E-state index contributed by atoms with van der Waals surface area (Å²) in [6.45, 7) is 6.16. The van der Waals surface area contributed by atoms with Crippen LogP contribution in [-0.2, 0) is 0 Å². The Labute approximate surface area is 159 Å². The largest absolute Gasteiger partial charge is 0.497 e. The van der Waals surface area contributed by atoms with E-state index in [4.69, 9.17) is 4.74 Å². The SMILES string of the molecule is CCC1CN(C(=O)c2ccc(OC)cc2)c2cc(C)c(C)cc2N1C(=O)O. The fourth-order valence-electron chi connectivity index (χ4n) is 3.43. The normalized spacial score (nSPS) is 16.1. The average Bonchev–Trinajstić information content (AvgIpc) is 2.67. The number of nitrogens with zero attached hydrogens (tertiary/aromatic N) is 2. The number of carbonyl (C=O) groups is 2. The number of methoxy groups -OCH3 is 1. The molecule has 0 saturated carbocycles. The van der Waals surface area contributed by atoms with E-state index in [1.165, 1.54) is 4.90 Å². The van der Waals surface area contributed by atoms with Gasteiger partial charge in [0.25, 0.3) is 5.91 Å². The Morgan fingerprint density at radius 3 is 2.22 bits per heavy atom. The highest BCUT2D eigenvalue weighted by molar-refractivity contribution is 6.10. The van der Waals surface area contributed by atoms with E-state index in [1.807, 2.05) is 32.9 Å². The summed E-state index contributed by atoms with van der Waals surface area (Å²) in [6, 6.07) is 10.4. The van der Waals surface area contributed by atoms with Crippen LogP contribution in [0.15, 0.2) is 36.4 Å². The van der Waals surface area contributed by atoms with Crippen molar-refractivity contribution in [2.45, 2.75) is 33.2 Å². The highest BCUT2D eigenvalue weighted by Gasteiger charge is 2.36. The third kappa shape index (κ3) is 3.35. The van der Waals surface area contributed by atoms with E-state index in [9.17, 15) is 14.7 Å². The monoisotopic (exact) mass is 368 g/mol. The second kappa shape index (κ2) is 7.31. The summed E-state index contributed by atoms with van der Waals surface area (Å²) in [5.41, 5.74) is 3.74. The average molecular weight is 368 g/mol. The van der Waals surface area contributed by atoms with E-state index in [-0.39, 0.29) is 11.9 Å². The minimum absolute atomic E-state index is 0.148. The first-order valence-electron chi connectivity index (χ1n) is 8.96. The fourth-order valence-corrected chi connectivity index (χ4v) is 3.43. The van der Waals surface area contributed by atoms with Crippen molar-refractivity contribution in [3.8, 4) is 5.75 Å². The lowest BCUT2D eigenvalue weighted by Gasteiger charge is -2.41. The molecule has 1 atom stereocenters. The fraction of sp³-hybridized carbons (Fsp3) is 0.333. The Morgan fingerprint density at radius 1 is 1.11 bits per heavy atom. The molecule has 2 aromatic rings. The van der Waals surface area contributed by atoms with Gasteiger partial charge >= 0.3 is 6.09 Å². The van der Waals surface area contributed by atoms with Crippen molar-refractivity contribution in [3.63, 3.8) is 0 Å². The molecule has 1 aliphatic heterocycles. The van der Waals surface area contributed by atoms with Gasteiger partial charge in [-0.25, -0.2) is 4.79 Å². The molecule has 3 rings (SSSR count). The number of hydrogen-bond acceptors (Lipinski definition) is 3. The number of carboxylic acid groups (broad SMARTS) is 1. The number of rotatable bonds is 3. The van der Waals surface area contributed by atoms with Crippen molar-refractivity contribution in [2.75, 3.05) is 23.5 Å². The van der Waals surface area contributed by atoms with Crippen LogP contribution in [0.2, 0.25) is 0 Å². The predicted octanol–water partition coefficient (Wildman–Crippen LogP) is 4.24. The summed E-state index contributed by atoms with van der Waals surface area (Å²) in [7, 11) is 1.58. The van der Waals surface area contributed by atoms with Crippen LogP contribution in [0, 0.1) is 13.8 Å². The van der Waals surface area contributed by atoms with E-state index in [0.717, 1.165) is 11.1 Å². The molecule has 0 aromatic heterocycles. The third-order valence-corrected chi connectivity index (χ3v) is 5.16. The molecule has 1 N–H and O–H groups in total. The molecule has 1 aliphatic rings. The smallest absolute Gasteiger partial charge is 0.412 e. The van der Waals surface area contributed by atoms with Crippen LogP contribution in [0.5, 0.6) is 5.75 Å². The van der Waals surface area contributed by atoms with Crippen LogP contribution in [0.25, 0.3) is 0 Å². The number of hydrogen-bond donors (Lipinski definition) is 1. The Hall–Kier alpha value is -3.02. The van der Waals surface area contributed by atoms with Gasteiger partial charge in [0.1, 0.15) is 5.75 Å². The number of amides is 2. The molecule has 0 aliphatic carbocycles. The van der Waals surface area contributed by atoms with Crippen molar-refractivity contribution in [1.82, 2.24) is 0 Å².